The summed E-state index contributed by atoms with van der Waals surface area (Å²) in [6, 6.07) is 10.9. The summed E-state index contributed by atoms with van der Waals surface area (Å²) in [4.78, 5) is 10.9. The molecule has 25 heavy (non-hydrogen) atoms. The van der Waals surface area contributed by atoms with Crippen LogP contribution in [-0.2, 0) is 13.0 Å². The summed E-state index contributed by atoms with van der Waals surface area (Å²) in [7, 11) is 0. The third-order valence-corrected chi connectivity index (χ3v) is 5.07. The Labute approximate surface area is 148 Å². The van der Waals surface area contributed by atoms with Crippen LogP contribution in [0, 0.1) is 0 Å². The van der Waals surface area contributed by atoms with Gasteiger partial charge in [0.2, 0.25) is 0 Å². The second kappa shape index (κ2) is 6.52. The monoisotopic (exact) mass is 352 g/mol. The lowest BCUT2D eigenvalue weighted by Crippen LogP contribution is -2.00. The molecule has 3 aromatic heterocycles. The van der Waals surface area contributed by atoms with Crippen molar-refractivity contribution in [1.29, 1.82) is 0 Å². The maximum absolute atomic E-state index is 9.36. The molecule has 2 N–H and O–H groups in total. The van der Waals surface area contributed by atoms with E-state index in [9.17, 15) is 5.11 Å². The molecule has 4 rings (SSSR count). The number of benzene rings is 1. The van der Waals surface area contributed by atoms with Crippen molar-refractivity contribution in [3.63, 3.8) is 0 Å². The second-order valence-corrected chi connectivity index (χ2v) is 6.70. The largest absolute Gasteiger partial charge is 0.508 e. The lowest BCUT2D eigenvalue weighted by Gasteiger charge is -2.03. The first kappa shape index (κ1) is 15.6. The van der Waals surface area contributed by atoms with E-state index in [-0.39, 0.29) is 5.75 Å². The number of rotatable bonds is 5. The Hall–Kier alpha value is -2.93. The van der Waals surface area contributed by atoms with Crippen molar-refractivity contribution >= 4 is 27.4 Å². The van der Waals surface area contributed by atoms with Crippen LogP contribution in [0.25, 0.3) is 21.5 Å². The average Bonchev–Trinajstić information content (AvgIpc) is 3.27. The number of thiophene rings is 1. The third-order valence-electron chi connectivity index (χ3n) is 3.88. The molecule has 0 aliphatic heterocycles. The van der Waals surface area contributed by atoms with Crippen LogP contribution in [0.4, 0.5) is 5.82 Å². The Balaban J connectivity index is 1.52. The number of aromatic nitrogens is 3. The standard InChI is InChI=1S/C18H16N4O2S/c1-2-14-8-15-17(20-10-21-18(15)25-14)19-9-13-7-16(22-24-13)11-3-5-12(23)6-4-11/h3-8,10,23H,2,9H2,1H3,(H,19,20,21). The van der Waals surface area contributed by atoms with E-state index in [1.54, 1.807) is 41.9 Å². The molecule has 0 amide bonds. The molecule has 0 fully saturated rings. The smallest absolute Gasteiger partial charge is 0.156 e. The number of nitrogens with zero attached hydrogens (tertiary/aromatic N) is 3. The van der Waals surface area contributed by atoms with Gasteiger partial charge in [0, 0.05) is 16.5 Å². The fourth-order valence-corrected chi connectivity index (χ4v) is 3.49. The van der Waals surface area contributed by atoms with E-state index < -0.39 is 0 Å². The minimum Gasteiger partial charge on any atom is -0.508 e. The third kappa shape index (κ3) is 3.18. The highest BCUT2D eigenvalue weighted by Crippen LogP contribution is 2.29. The first-order valence-electron chi connectivity index (χ1n) is 7.95. The zero-order valence-corrected chi connectivity index (χ0v) is 14.4. The van der Waals surface area contributed by atoms with Crippen molar-refractivity contribution in [1.82, 2.24) is 15.1 Å². The first-order chi connectivity index (χ1) is 12.2. The van der Waals surface area contributed by atoms with Gasteiger partial charge in [-0.25, -0.2) is 9.97 Å². The maximum Gasteiger partial charge on any atom is 0.156 e. The molecular formula is C18H16N4O2S. The van der Waals surface area contributed by atoms with Gasteiger partial charge in [-0.1, -0.05) is 12.1 Å². The van der Waals surface area contributed by atoms with Crippen LogP contribution in [0.15, 0.2) is 47.2 Å². The highest BCUT2D eigenvalue weighted by atomic mass is 32.1. The van der Waals surface area contributed by atoms with Crippen LogP contribution in [0.1, 0.15) is 17.6 Å². The molecule has 3 heterocycles. The zero-order chi connectivity index (χ0) is 17.2. The van der Waals surface area contributed by atoms with Gasteiger partial charge in [-0.3, -0.25) is 0 Å². The minimum atomic E-state index is 0.226. The number of hydrogen-bond acceptors (Lipinski definition) is 7. The molecule has 0 aliphatic rings. The molecule has 126 valence electrons. The highest BCUT2D eigenvalue weighted by Gasteiger charge is 2.10. The normalized spacial score (nSPS) is 11.1. The number of anilines is 1. The molecule has 0 radical (unpaired) electrons. The number of aryl methyl sites for hydroxylation is 1. The van der Waals surface area contributed by atoms with Crippen molar-refractivity contribution in [3.8, 4) is 17.0 Å². The van der Waals surface area contributed by atoms with Crippen LogP contribution in [-0.4, -0.2) is 20.2 Å². The van der Waals surface area contributed by atoms with Gasteiger partial charge >= 0.3 is 0 Å². The molecule has 6 nitrogen and oxygen atoms in total. The lowest BCUT2D eigenvalue weighted by atomic mass is 10.1. The first-order valence-corrected chi connectivity index (χ1v) is 8.77. The number of phenolic OH excluding ortho intramolecular Hbond substituents is 1. The summed E-state index contributed by atoms with van der Waals surface area (Å²) in [5.74, 6) is 1.73. The fourth-order valence-electron chi connectivity index (χ4n) is 2.56. The Morgan fingerprint density at radius 1 is 1.16 bits per heavy atom. The summed E-state index contributed by atoms with van der Waals surface area (Å²) in [6.45, 7) is 2.61. The predicted octanol–water partition coefficient (Wildman–Crippen LogP) is 4.23. The van der Waals surface area contributed by atoms with Gasteiger partial charge < -0.3 is 14.9 Å². The van der Waals surface area contributed by atoms with Crippen molar-refractivity contribution in [3.05, 3.63) is 53.4 Å². The van der Waals surface area contributed by atoms with Gasteiger partial charge in [0.05, 0.1) is 11.9 Å². The van der Waals surface area contributed by atoms with Gasteiger partial charge in [-0.15, -0.1) is 11.3 Å². The van der Waals surface area contributed by atoms with E-state index in [0.717, 1.165) is 33.7 Å². The van der Waals surface area contributed by atoms with Crippen LogP contribution in [0.3, 0.4) is 0 Å². The molecule has 0 unspecified atom stereocenters. The fraction of sp³-hybridized carbons (Fsp3) is 0.167. The Kier molecular flexibility index (Phi) is 4.07. The van der Waals surface area contributed by atoms with Gasteiger partial charge in [-0.05, 0) is 36.8 Å². The van der Waals surface area contributed by atoms with Crippen LogP contribution >= 0.6 is 11.3 Å². The van der Waals surface area contributed by atoms with Gasteiger partial charge in [0.15, 0.2) is 5.76 Å². The van der Waals surface area contributed by atoms with E-state index in [4.69, 9.17) is 4.52 Å². The number of hydrogen-bond donors (Lipinski definition) is 2. The molecule has 7 heteroatoms. The average molecular weight is 352 g/mol. The lowest BCUT2D eigenvalue weighted by molar-refractivity contribution is 0.390. The van der Waals surface area contributed by atoms with Crippen molar-refractivity contribution in [2.75, 3.05) is 5.32 Å². The van der Waals surface area contributed by atoms with E-state index in [1.807, 2.05) is 6.07 Å². The van der Waals surface area contributed by atoms with E-state index >= 15 is 0 Å². The molecule has 0 saturated carbocycles. The van der Waals surface area contributed by atoms with Crippen LogP contribution in [0.2, 0.25) is 0 Å². The molecule has 0 atom stereocenters. The van der Waals surface area contributed by atoms with Gasteiger partial charge in [-0.2, -0.15) is 0 Å². The maximum atomic E-state index is 9.36. The van der Waals surface area contributed by atoms with Crippen molar-refractivity contribution in [2.24, 2.45) is 0 Å². The quantitative estimate of drug-likeness (QED) is 0.559. The van der Waals surface area contributed by atoms with Crippen molar-refractivity contribution in [2.45, 2.75) is 19.9 Å². The van der Waals surface area contributed by atoms with E-state index in [1.165, 1.54) is 4.88 Å². The Morgan fingerprint density at radius 2 is 2.00 bits per heavy atom. The molecule has 1 aromatic carbocycles. The second-order valence-electron chi connectivity index (χ2n) is 5.59. The minimum absolute atomic E-state index is 0.226. The van der Waals surface area contributed by atoms with Crippen LogP contribution < -0.4 is 5.32 Å². The van der Waals surface area contributed by atoms with E-state index in [2.05, 4.69) is 33.4 Å². The van der Waals surface area contributed by atoms with Crippen LogP contribution in [0.5, 0.6) is 5.75 Å². The number of fused-ring (bicyclic) bond motifs is 1. The zero-order valence-electron chi connectivity index (χ0n) is 13.6. The van der Waals surface area contributed by atoms with Gasteiger partial charge in [0.1, 0.15) is 28.4 Å². The SMILES string of the molecule is CCc1cc2c(NCc3cc(-c4ccc(O)cc4)no3)ncnc2s1. The Bertz CT molecular complexity index is 1010. The highest BCUT2D eigenvalue weighted by molar-refractivity contribution is 7.18. The molecule has 0 aliphatic carbocycles. The van der Waals surface area contributed by atoms with Crippen molar-refractivity contribution < 1.29 is 9.63 Å². The molecule has 0 spiro atoms. The topological polar surface area (TPSA) is 84.1 Å². The molecular weight excluding hydrogens is 336 g/mol. The molecule has 4 aromatic rings. The molecule has 0 saturated heterocycles. The van der Waals surface area contributed by atoms with Gasteiger partial charge in [0.25, 0.3) is 0 Å². The summed E-state index contributed by atoms with van der Waals surface area (Å²) >= 11 is 1.69. The number of nitrogens with one attached hydrogen (secondary N) is 1. The summed E-state index contributed by atoms with van der Waals surface area (Å²) in [5, 5.41) is 17.8. The summed E-state index contributed by atoms with van der Waals surface area (Å²) in [5.41, 5.74) is 1.62. The molecule has 0 bridgehead atoms. The summed E-state index contributed by atoms with van der Waals surface area (Å²) < 4.78 is 5.39. The predicted molar refractivity (Wildman–Crippen MR) is 97.7 cm³/mol. The number of phenols is 1. The summed E-state index contributed by atoms with van der Waals surface area (Å²) in [6.07, 6.45) is 2.56. The van der Waals surface area contributed by atoms with E-state index in [0.29, 0.717) is 12.3 Å². The number of aromatic hydroxyl groups is 1. The Morgan fingerprint density at radius 3 is 2.80 bits per heavy atom.